The Morgan fingerprint density at radius 3 is 2.67 bits per heavy atom. The topological polar surface area (TPSA) is 87.5 Å². The maximum Gasteiger partial charge on any atom is 0.246 e. The minimum Gasteiger partial charge on any atom is -0.366 e. The van der Waals surface area contributed by atoms with E-state index < -0.39 is 0 Å². The van der Waals surface area contributed by atoms with Crippen molar-refractivity contribution in [2.45, 2.75) is 77.5 Å². The largest absolute Gasteiger partial charge is 0.366 e. The summed E-state index contributed by atoms with van der Waals surface area (Å²) in [5, 5.41) is 5.45. The van der Waals surface area contributed by atoms with Gasteiger partial charge in [0.2, 0.25) is 11.8 Å². The van der Waals surface area contributed by atoms with E-state index >= 15 is 0 Å². The molecule has 7 heteroatoms. The number of ether oxygens (including phenoxy) is 1. The van der Waals surface area contributed by atoms with E-state index in [1.165, 1.54) is 0 Å². The van der Waals surface area contributed by atoms with Gasteiger partial charge in [-0.05, 0) is 46.5 Å². The van der Waals surface area contributed by atoms with Crippen LogP contribution in [0.15, 0.2) is 12.3 Å². The lowest BCUT2D eigenvalue weighted by Gasteiger charge is -2.24. The van der Waals surface area contributed by atoms with Crippen LogP contribution < -0.4 is 10.6 Å². The summed E-state index contributed by atoms with van der Waals surface area (Å²) in [4.78, 5) is 36.0. The molecule has 1 aliphatic rings. The molecule has 0 aromatic rings. The summed E-state index contributed by atoms with van der Waals surface area (Å²) < 4.78 is 5.65. The molecule has 0 spiro atoms. The van der Waals surface area contributed by atoms with E-state index in [9.17, 15) is 14.4 Å². The molecule has 2 atom stereocenters. The molecule has 27 heavy (non-hydrogen) atoms. The molecule has 0 bridgehead atoms. The second-order valence-electron chi connectivity index (χ2n) is 7.65. The number of aldehydes is 1. The van der Waals surface area contributed by atoms with E-state index in [4.69, 9.17) is 4.74 Å². The lowest BCUT2D eigenvalue weighted by molar-refractivity contribution is -0.131. The molecule has 2 amide bonds. The standard InChI is InChI=1S/C20H35N3O4/c1-6-10-20(4,5)27-14-18(25)21-11-8-7-9-17-15(2)23(17)16(3)19(26)22-12-13-24/h13,16-17H,2,6-12,14H2,1,3-5H3,(H,21,25)(H,22,26)/t16?,17-,23?/m1/s1. The van der Waals surface area contributed by atoms with Crippen LogP contribution in [0.25, 0.3) is 0 Å². The fourth-order valence-corrected chi connectivity index (χ4v) is 3.22. The maximum atomic E-state index is 11.9. The van der Waals surface area contributed by atoms with E-state index in [1.807, 2.05) is 25.7 Å². The van der Waals surface area contributed by atoms with Gasteiger partial charge in [-0.3, -0.25) is 9.59 Å². The summed E-state index contributed by atoms with van der Waals surface area (Å²) in [6, 6.07) is -0.110. The molecule has 1 rings (SSSR count). The summed E-state index contributed by atoms with van der Waals surface area (Å²) in [6.07, 6.45) is 5.32. The Balaban J connectivity index is 2.15. The lowest BCUT2D eigenvalue weighted by atomic mass is 10.0. The molecule has 1 saturated heterocycles. The molecule has 7 nitrogen and oxygen atoms in total. The highest BCUT2D eigenvalue weighted by atomic mass is 16.5. The maximum absolute atomic E-state index is 11.9. The van der Waals surface area contributed by atoms with Crippen LogP contribution >= 0.6 is 0 Å². The molecule has 1 unspecified atom stereocenters. The highest BCUT2D eigenvalue weighted by Gasteiger charge is 2.43. The van der Waals surface area contributed by atoms with Crippen molar-refractivity contribution >= 4 is 18.1 Å². The third kappa shape index (κ3) is 8.12. The molecule has 0 aromatic heterocycles. The molecule has 1 heterocycles. The van der Waals surface area contributed by atoms with Crippen molar-refractivity contribution < 1.29 is 19.1 Å². The van der Waals surface area contributed by atoms with Crippen LogP contribution in [0, 0.1) is 0 Å². The Labute approximate surface area is 162 Å². The predicted molar refractivity (Wildman–Crippen MR) is 105 cm³/mol. The predicted octanol–water partition coefficient (Wildman–Crippen LogP) is 1.77. The van der Waals surface area contributed by atoms with Gasteiger partial charge in [0, 0.05) is 12.2 Å². The fraction of sp³-hybridized carbons (Fsp3) is 0.750. The first-order chi connectivity index (χ1) is 12.7. The molecule has 0 saturated carbocycles. The van der Waals surface area contributed by atoms with Crippen LogP contribution in [0.4, 0.5) is 0 Å². The van der Waals surface area contributed by atoms with E-state index in [2.05, 4.69) is 24.1 Å². The average Bonchev–Trinajstić information content (AvgIpc) is 3.26. The van der Waals surface area contributed by atoms with Crippen LogP contribution in [0.2, 0.25) is 0 Å². The third-order valence-electron chi connectivity index (χ3n) is 4.81. The van der Waals surface area contributed by atoms with Gasteiger partial charge in [0.15, 0.2) is 0 Å². The van der Waals surface area contributed by atoms with E-state index in [0.29, 0.717) is 12.8 Å². The van der Waals surface area contributed by atoms with Crippen molar-refractivity contribution in [3.8, 4) is 0 Å². The van der Waals surface area contributed by atoms with Gasteiger partial charge in [-0.25, -0.2) is 0 Å². The summed E-state index contributed by atoms with van der Waals surface area (Å²) in [7, 11) is 0. The normalized spacial score (nSPS) is 17.4. The van der Waals surface area contributed by atoms with Crippen molar-refractivity contribution in [3.63, 3.8) is 0 Å². The van der Waals surface area contributed by atoms with E-state index in [-0.39, 0.29) is 42.7 Å². The highest BCUT2D eigenvalue weighted by molar-refractivity contribution is 5.84. The lowest BCUT2D eigenvalue weighted by Crippen LogP contribution is -2.38. The number of amides is 2. The van der Waals surface area contributed by atoms with Crippen LogP contribution in [0.5, 0.6) is 0 Å². The number of hydrogen-bond acceptors (Lipinski definition) is 5. The zero-order chi connectivity index (χ0) is 20.4. The first-order valence-corrected chi connectivity index (χ1v) is 9.82. The summed E-state index contributed by atoms with van der Waals surface area (Å²) in [6.45, 7) is 12.6. The van der Waals surface area contributed by atoms with Gasteiger partial charge in [0.1, 0.15) is 18.9 Å². The van der Waals surface area contributed by atoms with Gasteiger partial charge < -0.3 is 25.1 Å². The van der Waals surface area contributed by atoms with Gasteiger partial charge in [-0.2, -0.15) is 0 Å². The molecule has 0 aromatic carbocycles. The highest BCUT2D eigenvalue weighted by Crippen LogP contribution is 2.37. The first kappa shape index (κ1) is 23.1. The molecular formula is C20H35N3O4. The summed E-state index contributed by atoms with van der Waals surface area (Å²) >= 11 is 0. The molecular weight excluding hydrogens is 346 g/mol. The Hall–Kier alpha value is -1.89. The van der Waals surface area contributed by atoms with E-state index in [1.54, 1.807) is 0 Å². The van der Waals surface area contributed by atoms with Crippen molar-refractivity contribution in [1.82, 2.24) is 15.5 Å². The Kier molecular flexibility index (Phi) is 9.49. The number of rotatable bonds is 14. The van der Waals surface area contributed by atoms with Crippen molar-refractivity contribution in [2.24, 2.45) is 0 Å². The second kappa shape index (κ2) is 11.1. The molecule has 1 aliphatic heterocycles. The quantitative estimate of drug-likeness (QED) is 0.272. The number of nitrogens with zero attached hydrogens (tertiary/aromatic N) is 1. The molecule has 2 N–H and O–H groups in total. The minimum atomic E-state index is -0.314. The van der Waals surface area contributed by atoms with Crippen LogP contribution in [0.3, 0.4) is 0 Å². The number of carbonyl (C=O) groups excluding carboxylic acids is 3. The Morgan fingerprint density at radius 1 is 1.33 bits per heavy atom. The average molecular weight is 382 g/mol. The summed E-state index contributed by atoms with van der Waals surface area (Å²) in [5.74, 6) is -0.249. The smallest absolute Gasteiger partial charge is 0.246 e. The van der Waals surface area contributed by atoms with Crippen molar-refractivity contribution in [3.05, 3.63) is 12.3 Å². The zero-order valence-electron chi connectivity index (χ0n) is 17.2. The zero-order valence-corrected chi connectivity index (χ0v) is 17.2. The van der Waals surface area contributed by atoms with Gasteiger partial charge >= 0.3 is 0 Å². The third-order valence-corrected chi connectivity index (χ3v) is 4.81. The first-order valence-electron chi connectivity index (χ1n) is 9.82. The fourth-order valence-electron chi connectivity index (χ4n) is 3.22. The number of unbranched alkanes of at least 4 members (excludes halogenated alkanes) is 1. The summed E-state index contributed by atoms with van der Waals surface area (Å²) in [5.41, 5.74) is 0.690. The minimum absolute atomic E-state index is 0.0349. The molecule has 154 valence electrons. The SMILES string of the molecule is C=C1[C@@H](CCCCNC(=O)COC(C)(C)CCC)N1C(C)C(=O)NCC=O. The number of carbonyl (C=O) groups is 3. The monoisotopic (exact) mass is 381 g/mol. The van der Waals surface area contributed by atoms with E-state index in [0.717, 1.165) is 37.8 Å². The van der Waals surface area contributed by atoms with Gasteiger partial charge in [-0.1, -0.05) is 19.9 Å². The van der Waals surface area contributed by atoms with Gasteiger partial charge in [0.05, 0.1) is 18.2 Å². The second-order valence-corrected chi connectivity index (χ2v) is 7.65. The molecule has 0 radical (unpaired) electrons. The van der Waals surface area contributed by atoms with Gasteiger partial charge in [0.25, 0.3) is 0 Å². The van der Waals surface area contributed by atoms with Crippen LogP contribution in [-0.4, -0.2) is 60.4 Å². The number of nitrogens with one attached hydrogen (secondary N) is 2. The number of hydrogen-bond donors (Lipinski definition) is 2. The molecule has 0 aliphatic carbocycles. The van der Waals surface area contributed by atoms with Crippen molar-refractivity contribution in [1.29, 1.82) is 0 Å². The van der Waals surface area contributed by atoms with Crippen LogP contribution in [-0.2, 0) is 19.1 Å². The Bertz CT molecular complexity index is 533. The Morgan fingerprint density at radius 2 is 2.04 bits per heavy atom. The van der Waals surface area contributed by atoms with Crippen molar-refractivity contribution in [2.75, 3.05) is 19.7 Å². The van der Waals surface area contributed by atoms with Gasteiger partial charge in [-0.15, -0.1) is 0 Å². The van der Waals surface area contributed by atoms with Crippen LogP contribution in [0.1, 0.15) is 59.8 Å². The molecule has 1 fully saturated rings.